The zero-order valence-electron chi connectivity index (χ0n) is 38.6. The van der Waals surface area contributed by atoms with Crippen LogP contribution in [-0.4, -0.2) is 175 Å². The fourth-order valence-corrected chi connectivity index (χ4v) is 14.7. The van der Waals surface area contributed by atoms with Gasteiger partial charge in [0.2, 0.25) is 0 Å². The van der Waals surface area contributed by atoms with Crippen LogP contribution in [0.1, 0.15) is 106 Å². The second kappa shape index (κ2) is 17.3. The Morgan fingerprint density at radius 2 is 1.40 bits per heavy atom. The summed E-state index contributed by atoms with van der Waals surface area (Å²) in [6, 6.07) is 0. The minimum atomic E-state index is -2.02. The van der Waals surface area contributed by atoms with E-state index in [1.54, 1.807) is 0 Å². The van der Waals surface area contributed by atoms with Crippen molar-refractivity contribution >= 4 is 12.3 Å². The molecule has 0 spiro atoms. The van der Waals surface area contributed by atoms with Crippen LogP contribution in [0.15, 0.2) is 11.6 Å². The molecule has 10 N–H and O–H groups in total. The number of aliphatic hydroxyl groups excluding tert-OH is 9. The van der Waals surface area contributed by atoms with Gasteiger partial charge in [-0.2, -0.15) is 0 Å². The number of aldehydes is 1. The number of ether oxygens (including phenoxy) is 6. The first kappa shape index (κ1) is 49.7. The average molecular weight is 927 g/mol. The SMILES string of the molecule is CC1OC(OC2C(OC3C(OC4CCC5(C=O)C(CCC6(C)C5CCC5C7=CC(C)(CO)CC(O)C7(C)CCC56C)C4(C)C)OC(C(=O)O)C(O)C3O)OCC(O)C2O)C(O)C(O)C1O. The lowest BCUT2D eigenvalue weighted by molar-refractivity contribution is -0.386. The van der Waals surface area contributed by atoms with Crippen LogP contribution in [0.5, 0.6) is 0 Å². The molecule has 65 heavy (non-hydrogen) atoms. The van der Waals surface area contributed by atoms with E-state index in [9.17, 15) is 60.7 Å². The summed E-state index contributed by atoms with van der Waals surface area (Å²) in [6.07, 6.45) is -15.2. The highest BCUT2D eigenvalue weighted by atomic mass is 16.8. The Morgan fingerprint density at radius 1 is 0.723 bits per heavy atom. The van der Waals surface area contributed by atoms with E-state index >= 15 is 0 Å². The Kier molecular flexibility index (Phi) is 13.2. The van der Waals surface area contributed by atoms with Gasteiger partial charge in [-0.15, -0.1) is 0 Å². The molecule has 18 nitrogen and oxygen atoms in total. The standard InChI is InChI=1S/C47H74O18/c1-21-29(52)31(54)34(57)39(61-21)64-36-30(53)24(50)18-60-40(36)65-37-33(56)32(55)35(38(58)59)63-41(37)62-28-11-13-47(20-49)25(42(28,2)3)10-12-46(7)26(47)9-8-22-23-16-43(4,19-48)17-27(51)44(23,5)14-15-45(22,46)6/h16,20-22,24-37,39-41,48,50-57H,8-15,17-19H2,1-7H3,(H,58,59). The van der Waals surface area contributed by atoms with Gasteiger partial charge in [-0.3, -0.25) is 0 Å². The third-order valence-corrected chi connectivity index (χ3v) is 19.0. The second-order valence-corrected chi connectivity index (χ2v) is 22.8. The molecule has 0 aromatic carbocycles. The van der Waals surface area contributed by atoms with Crippen molar-refractivity contribution in [1.82, 2.24) is 0 Å². The minimum Gasteiger partial charge on any atom is -0.479 e. The molecule has 3 heterocycles. The molecule has 0 aromatic rings. The molecule has 3 aliphatic heterocycles. The van der Waals surface area contributed by atoms with Crippen molar-refractivity contribution in [3.05, 3.63) is 11.6 Å². The Morgan fingerprint density at radius 3 is 2.06 bits per heavy atom. The van der Waals surface area contributed by atoms with E-state index in [0.717, 1.165) is 32.1 Å². The number of carbonyl (C=O) groups is 2. The van der Waals surface area contributed by atoms with Crippen molar-refractivity contribution in [2.45, 2.75) is 204 Å². The molecule has 8 aliphatic rings. The van der Waals surface area contributed by atoms with Gasteiger partial charge in [0, 0.05) is 16.2 Å². The Balaban J connectivity index is 1.05. The first-order valence-corrected chi connectivity index (χ1v) is 23.7. The zero-order chi connectivity index (χ0) is 47.6. The van der Waals surface area contributed by atoms with Crippen LogP contribution in [0.25, 0.3) is 0 Å². The molecule has 24 unspecified atom stereocenters. The highest BCUT2D eigenvalue weighted by Gasteiger charge is 2.71. The smallest absolute Gasteiger partial charge is 0.335 e. The largest absolute Gasteiger partial charge is 0.479 e. The van der Waals surface area contributed by atoms with Gasteiger partial charge >= 0.3 is 5.97 Å². The molecular weight excluding hydrogens is 852 g/mol. The van der Waals surface area contributed by atoms with Crippen LogP contribution in [0, 0.1) is 50.2 Å². The molecule has 18 heteroatoms. The van der Waals surface area contributed by atoms with Crippen LogP contribution in [0.2, 0.25) is 0 Å². The van der Waals surface area contributed by atoms with E-state index in [4.69, 9.17) is 28.4 Å². The topological polar surface area (TPSA) is 292 Å². The van der Waals surface area contributed by atoms with Crippen LogP contribution in [0.4, 0.5) is 0 Å². The number of rotatable bonds is 9. The number of hydrogen-bond donors (Lipinski definition) is 10. The summed E-state index contributed by atoms with van der Waals surface area (Å²) in [5.74, 6) is -1.57. The fraction of sp³-hybridized carbons (Fsp3) is 0.915. The highest BCUT2D eigenvalue weighted by molar-refractivity contribution is 5.73. The fourth-order valence-electron chi connectivity index (χ4n) is 14.7. The highest BCUT2D eigenvalue weighted by Crippen LogP contribution is 2.76. The second-order valence-electron chi connectivity index (χ2n) is 22.8. The van der Waals surface area contributed by atoms with E-state index in [1.807, 2.05) is 20.8 Å². The van der Waals surface area contributed by atoms with E-state index in [0.29, 0.717) is 25.7 Å². The van der Waals surface area contributed by atoms with Crippen molar-refractivity contribution in [3.8, 4) is 0 Å². The first-order valence-electron chi connectivity index (χ1n) is 23.7. The number of aliphatic hydroxyl groups is 9. The van der Waals surface area contributed by atoms with Crippen molar-refractivity contribution in [3.63, 3.8) is 0 Å². The monoisotopic (exact) mass is 926 g/mol. The summed E-state index contributed by atoms with van der Waals surface area (Å²) in [5.41, 5.74) is -1.58. The Hall–Kier alpha value is -1.72. The van der Waals surface area contributed by atoms with Gasteiger partial charge < -0.3 is 84.3 Å². The average Bonchev–Trinajstić information content (AvgIpc) is 3.25. The lowest BCUT2D eigenvalue weighted by atomic mass is 9.32. The molecule has 7 fully saturated rings. The summed E-state index contributed by atoms with van der Waals surface area (Å²) in [7, 11) is 0. The van der Waals surface area contributed by atoms with Gasteiger partial charge in [-0.1, -0.05) is 53.2 Å². The molecule has 8 rings (SSSR count). The van der Waals surface area contributed by atoms with Crippen molar-refractivity contribution in [1.29, 1.82) is 0 Å². The molecule has 4 saturated carbocycles. The maximum Gasteiger partial charge on any atom is 0.335 e. The lowest BCUT2D eigenvalue weighted by Crippen LogP contribution is -2.68. The summed E-state index contributed by atoms with van der Waals surface area (Å²) in [5, 5.41) is 108. The molecule has 0 amide bonds. The number of hydrogen-bond acceptors (Lipinski definition) is 17. The normalized spacial score (nSPS) is 55.4. The van der Waals surface area contributed by atoms with E-state index < -0.39 is 127 Å². The Bertz CT molecular complexity index is 1810. The summed E-state index contributed by atoms with van der Waals surface area (Å²) < 4.78 is 36.0. The first-order chi connectivity index (χ1) is 30.3. The molecule has 24 atom stereocenters. The summed E-state index contributed by atoms with van der Waals surface area (Å²) in [4.78, 5) is 26.4. The maximum atomic E-state index is 14.0. The van der Waals surface area contributed by atoms with Gasteiger partial charge in [-0.05, 0) is 98.7 Å². The third-order valence-electron chi connectivity index (χ3n) is 19.0. The third kappa shape index (κ3) is 7.62. The molecule has 5 aliphatic carbocycles. The van der Waals surface area contributed by atoms with Gasteiger partial charge in [0.25, 0.3) is 0 Å². The van der Waals surface area contributed by atoms with Crippen molar-refractivity contribution < 1.29 is 89.1 Å². The predicted octanol–water partition coefficient (Wildman–Crippen LogP) is 0.523. The van der Waals surface area contributed by atoms with Gasteiger partial charge in [0.1, 0.15) is 61.2 Å². The minimum absolute atomic E-state index is 0.0204. The van der Waals surface area contributed by atoms with Crippen LogP contribution in [-0.2, 0) is 38.0 Å². The van der Waals surface area contributed by atoms with Crippen molar-refractivity contribution in [2.75, 3.05) is 13.2 Å². The molecule has 370 valence electrons. The molecule has 0 aromatic heterocycles. The molecule has 0 radical (unpaired) electrons. The van der Waals surface area contributed by atoms with Crippen LogP contribution < -0.4 is 0 Å². The molecular formula is C47H74O18. The number of fused-ring (bicyclic) bond motifs is 7. The van der Waals surface area contributed by atoms with Crippen LogP contribution >= 0.6 is 0 Å². The van der Waals surface area contributed by atoms with Gasteiger partial charge in [-0.25, -0.2) is 4.79 Å². The number of carbonyl (C=O) groups excluding carboxylic acids is 1. The molecule has 0 bridgehead atoms. The van der Waals surface area contributed by atoms with Gasteiger partial charge in [0.05, 0.1) is 31.5 Å². The van der Waals surface area contributed by atoms with Gasteiger partial charge in [0.15, 0.2) is 25.0 Å². The quantitative estimate of drug-likeness (QED) is 0.0857. The maximum absolute atomic E-state index is 14.0. The number of carboxylic acid groups (broad SMARTS) is 1. The Labute approximate surface area is 380 Å². The zero-order valence-corrected chi connectivity index (χ0v) is 38.6. The van der Waals surface area contributed by atoms with E-state index in [1.165, 1.54) is 18.8 Å². The van der Waals surface area contributed by atoms with E-state index in [-0.39, 0.29) is 40.6 Å². The summed E-state index contributed by atoms with van der Waals surface area (Å²) in [6.45, 7) is 13.9. The number of carboxylic acids is 1. The van der Waals surface area contributed by atoms with E-state index in [2.05, 4.69) is 26.8 Å². The summed E-state index contributed by atoms with van der Waals surface area (Å²) >= 11 is 0. The predicted molar refractivity (Wildman–Crippen MR) is 225 cm³/mol. The lowest BCUT2D eigenvalue weighted by Gasteiger charge is -2.72. The number of aliphatic carboxylic acids is 1. The van der Waals surface area contributed by atoms with Crippen LogP contribution in [0.3, 0.4) is 0 Å². The molecule has 3 saturated heterocycles. The van der Waals surface area contributed by atoms with Crippen molar-refractivity contribution in [2.24, 2.45) is 50.2 Å².